The molecular formula is C9H16N4O. The van der Waals surface area contributed by atoms with E-state index in [2.05, 4.69) is 10.5 Å². The summed E-state index contributed by atoms with van der Waals surface area (Å²) < 4.78 is 7.35. The highest BCUT2D eigenvalue weighted by molar-refractivity contribution is 5.07. The van der Waals surface area contributed by atoms with Gasteiger partial charge in [-0.3, -0.25) is 10.5 Å². The van der Waals surface area contributed by atoms with Crippen molar-refractivity contribution < 1.29 is 4.74 Å². The monoisotopic (exact) mass is 196 g/mol. The quantitative estimate of drug-likeness (QED) is 0.531. The molecule has 0 aromatic carbocycles. The maximum Gasteiger partial charge on any atom is 0.0911 e. The Kier molecular flexibility index (Phi) is 2.81. The largest absolute Gasteiger partial charge is 0.376 e. The Bertz CT molecular complexity index is 293. The van der Waals surface area contributed by atoms with Gasteiger partial charge in [-0.15, -0.1) is 0 Å². The third-order valence-corrected chi connectivity index (χ3v) is 2.57. The lowest BCUT2D eigenvalue weighted by Crippen LogP contribution is -2.36. The lowest BCUT2D eigenvalue weighted by atomic mass is 10.1. The average Bonchev–Trinajstić information content (AvgIpc) is 2.79. The summed E-state index contributed by atoms with van der Waals surface area (Å²) in [6, 6.07) is 1.98. The third-order valence-electron chi connectivity index (χ3n) is 2.57. The van der Waals surface area contributed by atoms with E-state index in [1.165, 1.54) is 0 Å². The molecule has 1 aliphatic heterocycles. The molecule has 2 atom stereocenters. The maximum absolute atomic E-state index is 5.58. The number of aryl methyl sites for hydroxylation is 1. The summed E-state index contributed by atoms with van der Waals surface area (Å²) in [5.74, 6) is 5.51. The van der Waals surface area contributed by atoms with Crippen LogP contribution in [0.4, 0.5) is 0 Å². The Labute approximate surface area is 83.2 Å². The molecule has 0 amide bonds. The molecule has 5 nitrogen and oxygen atoms in total. The zero-order valence-corrected chi connectivity index (χ0v) is 8.31. The normalized spacial score (nSPS) is 24.0. The number of hydrogen-bond donors (Lipinski definition) is 2. The van der Waals surface area contributed by atoms with Crippen LogP contribution < -0.4 is 11.3 Å². The molecular weight excluding hydrogens is 180 g/mol. The van der Waals surface area contributed by atoms with Crippen LogP contribution in [-0.2, 0) is 11.8 Å². The van der Waals surface area contributed by atoms with Crippen molar-refractivity contribution >= 4 is 0 Å². The first-order valence-electron chi connectivity index (χ1n) is 4.88. The molecule has 0 spiro atoms. The van der Waals surface area contributed by atoms with Gasteiger partial charge in [-0.25, -0.2) is 5.43 Å². The van der Waals surface area contributed by atoms with Crippen molar-refractivity contribution in [2.45, 2.75) is 25.0 Å². The Morgan fingerprint density at radius 1 is 1.79 bits per heavy atom. The zero-order chi connectivity index (χ0) is 9.97. The smallest absolute Gasteiger partial charge is 0.0911 e. The minimum Gasteiger partial charge on any atom is -0.376 e. The number of rotatable bonds is 3. The highest BCUT2D eigenvalue weighted by atomic mass is 16.5. The van der Waals surface area contributed by atoms with E-state index in [1.807, 2.05) is 19.3 Å². The number of aromatic nitrogens is 2. The van der Waals surface area contributed by atoms with Crippen LogP contribution in [0.25, 0.3) is 0 Å². The van der Waals surface area contributed by atoms with Gasteiger partial charge in [0.05, 0.1) is 17.8 Å². The van der Waals surface area contributed by atoms with Crippen LogP contribution in [0.15, 0.2) is 12.3 Å². The van der Waals surface area contributed by atoms with Gasteiger partial charge in [-0.2, -0.15) is 5.10 Å². The first-order valence-corrected chi connectivity index (χ1v) is 4.88. The van der Waals surface area contributed by atoms with Crippen molar-refractivity contribution in [1.82, 2.24) is 15.2 Å². The average molecular weight is 196 g/mol. The van der Waals surface area contributed by atoms with Gasteiger partial charge in [-0.1, -0.05) is 0 Å². The van der Waals surface area contributed by atoms with Crippen LogP contribution >= 0.6 is 0 Å². The van der Waals surface area contributed by atoms with Crippen molar-refractivity contribution in [3.63, 3.8) is 0 Å². The van der Waals surface area contributed by atoms with Crippen LogP contribution in [0, 0.1) is 0 Å². The van der Waals surface area contributed by atoms with Crippen molar-refractivity contribution in [2.24, 2.45) is 12.9 Å². The summed E-state index contributed by atoms with van der Waals surface area (Å²) in [5, 5.41) is 4.32. The Balaban J connectivity index is 2.12. The fourth-order valence-electron chi connectivity index (χ4n) is 1.85. The fraction of sp³-hybridized carbons (Fsp3) is 0.667. The molecule has 3 N–H and O–H groups in total. The molecule has 2 unspecified atom stereocenters. The molecule has 78 valence electrons. The van der Waals surface area contributed by atoms with Crippen molar-refractivity contribution in [2.75, 3.05) is 6.61 Å². The summed E-state index contributed by atoms with van der Waals surface area (Å²) in [7, 11) is 1.90. The molecule has 2 heterocycles. The van der Waals surface area contributed by atoms with E-state index in [0.29, 0.717) is 0 Å². The Hall–Kier alpha value is -0.910. The molecule has 1 aromatic heterocycles. The van der Waals surface area contributed by atoms with Gasteiger partial charge in [-0.05, 0) is 18.9 Å². The standard InChI is InChI=1S/C9H16N4O/c1-13-5-4-7(12-13)9(11-10)8-3-2-6-14-8/h4-5,8-9,11H,2-3,6,10H2,1H3. The molecule has 0 radical (unpaired) electrons. The minimum atomic E-state index is 0.0127. The molecule has 0 bridgehead atoms. The second-order valence-corrected chi connectivity index (χ2v) is 3.61. The minimum absolute atomic E-state index is 0.0127. The molecule has 0 aliphatic carbocycles. The lowest BCUT2D eigenvalue weighted by Gasteiger charge is -2.19. The number of nitrogens with one attached hydrogen (secondary N) is 1. The number of ether oxygens (including phenoxy) is 1. The first-order chi connectivity index (χ1) is 6.81. The Morgan fingerprint density at radius 2 is 2.64 bits per heavy atom. The van der Waals surface area contributed by atoms with Crippen LogP contribution in [-0.4, -0.2) is 22.5 Å². The number of hydrazine groups is 1. The van der Waals surface area contributed by atoms with Gasteiger partial charge in [0.1, 0.15) is 0 Å². The molecule has 1 aliphatic rings. The van der Waals surface area contributed by atoms with E-state index in [-0.39, 0.29) is 12.1 Å². The molecule has 2 rings (SSSR count). The lowest BCUT2D eigenvalue weighted by molar-refractivity contribution is 0.0769. The highest BCUT2D eigenvalue weighted by Gasteiger charge is 2.27. The topological polar surface area (TPSA) is 65.1 Å². The van der Waals surface area contributed by atoms with Gasteiger partial charge < -0.3 is 4.74 Å². The predicted molar refractivity (Wildman–Crippen MR) is 52.2 cm³/mol. The molecule has 1 aromatic rings. The van der Waals surface area contributed by atoms with Gasteiger partial charge in [0.15, 0.2) is 0 Å². The van der Waals surface area contributed by atoms with Crippen molar-refractivity contribution in [1.29, 1.82) is 0 Å². The van der Waals surface area contributed by atoms with E-state index in [0.717, 1.165) is 25.1 Å². The summed E-state index contributed by atoms with van der Waals surface area (Å²) >= 11 is 0. The van der Waals surface area contributed by atoms with E-state index < -0.39 is 0 Å². The van der Waals surface area contributed by atoms with Gasteiger partial charge in [0.25, 0.3) is 0 Å². The van der Waals surface area contributed by atoms with Crippen LogP contribution in [0.1, 0.15) is 24.6 Å². The number of nitrogens with zero attached hydrogens (tertiary/aromatic N) is 2. The number of nitrogens with two attached hydrogens (primary N) is 1. The van der Waals surface area contributed by atoms with E-state index in [4.69, 9.17) is 10.6 Å². The molecule has 1 saturated heterocycles. The third kappa shape index (κ3) is 1.79. The van der Waals surface area contributed by atoms with Crippen molar-refractivity contribution in [3.05, 3.63) is 18.0 Å². The zero-order valence-electron chi connectivity index (χ0n) is 8.31. The molecule has 1 fully saturated rings. The van der Waals surface area contributed by atoms with Crippen LogP contribution in [0.3, 0.4) is 0 Å². The number of hydrogen-bond acceptors (Lipinski definition) is 4. The fourth-order valence-corrected chi connectivity index (χ4v) is 1.85. The Morgan fingerprint density at radius 3 is 3.14 bits per heavy atom. The van der Waals surface area contributed by atoms with E-state index in [9.17, 15) is 0 Å². The molecule has 14 heavy (non-hydrogen) atoms. The summed E-state index contributed by atoms with van der Waals surface area (Å²) in [6.07, 6.45) is 4.23. The second kappa shape index (κ2) is 4.08. The maximum atomic E-state index is 5.58. The van der Waals surface area contributed by atoms with Crippen LogP contribution in [0.2, 0.25) is 0 Å². The van der Waals surface area contributed by atoms with Crippen LogP contribution in [0.5, 0.6) is 0 Å². The molecule has 5 heteroatoms. The van der Waals surface area contributed by atoms with E-state index >= 15 is 0 Å². The van der Waals surface area contributed by atoms with Gasteiger partial charge in [0.2, 0.25) is 0 Å². The first kappa shape index (κ1) is 9.64. The predicted octanol–water partition coefficient (Wildman–Crippen LogP) is 0.103. The van der Waals surface area contributed by atoms with Gasteiger partial charge in [0, 0.05) is 19.9 Å². The highest BCUT2D eigenvalue weighted by Crippen LogP contribution is 2.24. The second-order valence-electron chi connectivity index (χ2n) is 3.61. The summed E-state index contributed by atoms with van der Waals surface area (Å²) in [5.41, 5.74) is 3.72. The molecule has 0 saturated carbocycles. The summed E-state index contributed by atoms with van der Waals surface area (Å²) in [4.78, 5) is 0. The van der Waals surface area contributed by atoms with E-state index in [1.54, 1.807) is 4.68 Å². The SMILES string of the molecule is Cn1ccc(C(NN)C2CCCO2)n1. The van der Waals surface area contributed by atoms with Gasteiger partial charge >= 0.3 is 0 Å². The van der Waals surface area contributed by atoms with Crippen molar-refractivity contribution in [3.8, 4) is 0 Å². The summed E-state index contributed by atoms with van der Waals surface area (Å²) in [6.45, 7) is 0.829.